The van der Waals surface area contributed by atoms with E-state index in [1.54, 1.807) is 14.0 Å². The van der Waals surface area contributed by atoms with E-state index in [0.29, 0.717) is 29.2 Å². The maximum atomic E-state index is 11.7. The normalized spacial score (nSPS) is 11.0. The highest BCUT2D eigenvalue weighted by atomic mass is 16.5. The molecule has 0 bridgehead atoms. The molecule has 3 rings (SSSR count). The van der Waals surface area contributed by atoms with Crippen LogP contribution in [0.1, 0.15) is 6.92 Å². The molecule has 3 aromatic rings. The molecule has 0 unspecified atom stereocenters. The molecule has 0 amide bonds. The van der Waals surface area contributed by atoms with Gasteiger partial charge in [0.25, 0.3) is 0 Å². The summed E-state index contributed by atoms with van der Waals surface area (Å²) in [4.78, 5) is 16.2. The van der Waals surface area contributed by atoms with Crippen molar-refractivity contribution in [1.29, 1.82) is 0 Å². The van der Waals surface area contributed by atoms with Crippen LogP contribution in [0.5, 0.6) is 5.75 Å². The first-order chi connectivity index (χ1) is 10.6. The van der Waals surface area contributed by atoms with Crippen molar-refractivity contribution in [2.24, 2.45) is 0 Å². The van der Waals surface area contributed by atoms with Crippen LogP contribution in [-0.2, 0) is 16.1 Å². The second-order valence-corrected chi connectivity index (χ2v) is 4.77. The summed E-state index contributed by atoms with van der Waals surface area (Å²) in [5.74, 6) is 0.674. The minimum Gasteiger partial charge on any atom is -0.497 e. The van der Waals surface area contributed by atoms with Crippen LogP contribution in [0.4, 0.5) is 5.82 Å². The molecule has 0 radical (unpaired) electrons. The maximum Gasteiger partial charge on any atom is 0.327 e. The number of hydrogen-bond donors (Lipinski definition) is 1. The predicted octanol–water partition coefficient (Wildman–Crippen LogP) is 1.74. The molecule has 2 N–H and O–H groups in total. The number of carbonyl (C=O) groups excluding carboxylic acids is 1. The van der Waals surface area contributed by atoms with Gasteiger partial charge in [0.1, 0.15) is 12.3 Å². The first-order valence-electron chi connectivity index (χ1n) is 6.88. The molecule has 0 fully saturated rings. The van der Waals surface area contributed by atoms with E-state index in [9.17, 15) is 4.79 Å². The number of carbonyl (C=O) groups is 1. The van der Waals surface area contributed by atoms with E-state index in [1.807, 2.05) is 24.3 Å². The molecule has 0 aliphatic heterocycles. The Balaban J connectivity index is 2.13. The highest BCUT2D eigenvalue weighted by Gasteiger charge is 2.14. The fourth-order valence-electron chi connectivity index (χ4n) is 2.32. The molecular weight excluding hydrogens is 284 g/mol. The standard InChI is InChI=1S/C15H16N4O3/c1-3-22-13(20)8-19-15-11(14(16)18-19)6-9-4-5-10(21-2)7-12(9)17-15/h4-7H,3,8H2,1-2H3,(H2,16,18). The van der Waals surface area contributed by atoms with Gasteiger partial charge in [-0.25, -0.2) is 9.67 Å². The zero-order chi connectivity index (χ0) is 15.7. The molecule has 0 atom stereocenters. The van der Waals surface area contributed by atoms with E-state index < -0.39 is 0 Å². The van der Waals surface area contributed by atoms with Crippen LogP contribution in [0.3, 0.4) is 0 Å². The van der Waals surface area contributed by atoms with E-state index >= 15 is 0 Å². The third-order valence-electron chi connectivity index (χ3n) is 3.34. The molecule has 2 heterocycles. The summed E-state index contributed by atoms with van der Waals surface area (Å²) in [6.07, 6.45) is 0. The van der Waals surface area contributed by atoms with Gasteiger partial charge in [0.15, 0.2) is 11.5 Å². The molecule has 0 aliphatic carbocycles. The lowest BCUT2D eigenvalue weighted by molar-refractivity contribution is -0.143. The van der Waals surface area contributed by atoms with Crippen LogP contribution in [0.25, 0.3) is 21.9 Å². The van der Waals surface area contributed by atoms with Crippen LogP contribution in [0.15, 0.2) is 24.3 Å². The Kier molecular flexibility index (Phi) is 3.54. The number of nitrogens with zero attached hydrogens (tertiary/aromatic N) is 3. The van der Waals surface area contributed by atoms with Crippen molar-refractivity contribution in [3.05, 3.63) is 24.3 Å². The Morgan fingerprint density at radius 1 is 1.36 bits per heavy atom. The average Bonchev–Trinajstić information content (AvgIpc) is 2.80. The van der Waals surface area contributed by atoms with Crippen molar-refractivity contribution < 1.29 is 14.3 Å². The monoisotopic (exact) mass is 300 g/mol. The van der Waals surface area contributed by atoms with Crippen LogP contribution in [-0.4, -0.2) is 34.5 Å². The molecule has 1 aromatic carbocycles. The summed E-state index contributed by atoms with van der Waals surface area (Å²) in [6.45, 7) is 2.05. The van der Waals surface area contributed by atoms with Crippen molar-refractivity contribution >= 4 is 33.7 Å². The van der Waals surface area contributed by atoms with E-state index in [1.165, 1.54) is 4.68 Å². The molecule has 0 spiro atoms. The van der Waals surface area contributed by atoms with Gasteiger partial charge in [-0.3, -0.25) is 4.79 Å². The summed E-state index contributed by atoms with van der Waals surface area (Å²) in [5, 5.41) is 5.81. The number of ether oxygens (including phenoxy) is 2. The average molecular weight is 300 g/mol. The molecule has 0 aliphatic rings. The van der Waals surface area contributed by atoms with Crippen molar-refractivity contribution in [3.8, 4) is 5.75 Å². The minimum absolute atomic E-state index is 0.0238. The van der Waals surface area contributed by atoms with E-state index in [-0.39, 0.29) is 12.5 Å². The van der Waals surface area contributed by atoms with Gasteiger partial charge in [0, 0.05) is 11.5 Å². The number of anilines is 1. The van der Waals surface area contributed by atoms with Gasteiger partial charge in [0.2, 0.25) is 0 Å². The Morgan fingerprint density at radius 3 is 2.91 bits per heavy atom. The molecular formula is C15H16N4O3. The van der Waals surface area contributed by atoms with Gasteiger partial charge in [-0.05, 0) is 25.1 Å². The predicted molar refractivity (Wildman–Crippen MR) is 82.6 cm³/mol. The smallest absolute Gasteiger partial charge is 0.327 e. The molecule has 114 valence electrons. The van der Waals surface area contributed by atoms with Crippen molar-refractivity contribution in [1.82, 2.24) is 14.8 Å². The van der Waals surface area contributed by atoms with Crippen molar-refractivity contribution in [2.75, 3.05) is 19.5 Å². The van der Waals surface area contributed by atoms with Crippen LogP contribution in [0, 0.1) is 0 Å². The van der Waals surface area contributed by atoms with Gasteiger partial charge in [-0.2, -0.15) is 5.10 Å². The molecule has 7 heteroatoms. The van der Waals surface area contributed by atoms with Crippen LogP contribution < -0.4 is 10.5 Å². The SMILES string of the molecule is CCOC(=O)Cn1nc(N)c2cc3ccc(OC)cc3nc21. The molecule has 0 saturated heterocycles. The summed E-state index contributed by atoms with van der Waals surface area (Å²) >= 11 is 0. The fourth-order valence-corrected chi connectivity index (χ4v) is 2.32. The summed E-state index contributed by atoms with van der Waals surface area (Å²) in [7, 11) is 1.60. The summed E-state index contributed by atoms with van der Waals surface area (Å²) in [5.41, 5.74) is 7.22. The van der Waals surface area contributed by atoms with Gasteiger partial charge in [-0.15, -0.1) is 0 Å². The number of nitrogens with two attached hydrogens (primary N) is 1. The number of nitrogen functional groups attached to an aromatic ring is 1. The second-order valence-electron chi connectivity index (χ2n) is 4.77. The largest absolute Gasteiger partial charge is 0.497 e. The molecule has 0 saturated carbocycles. The maximum absolute atomic E-state index is 11.7. The number of fused-ring (bicyclic) bond motifs is 2. The lowest BCUT2D eigenvalue weighted by atomic mass is 10.2. The third kappa shape index (κ3) is 2.41. The Hall–Kier alpha value is -2.83. The molecule has 2 aromatic heterocycles. The number of pyridine rings is 1. The van der Waals surface area contributed by atoms with E-state index in [0.717, 1.165) is 10.9 Å². The Morgan fingerprint density at radius 2 is 2.18 bits per heavy atom. The van der Waals surface area contributed by atoms with Crippen LogP contribution >= 0.6 is 0 Å². The Bertz CT molecular complexity index is 857. The Labute approximate surface area is 126 Å². The number of benzene rings is 1. The van der Waals surface area contributed by atoms with Gasteiger partial charge >= 0.3 is 5.97 Å². The fraction of sp³-hybridized carbons (Fsp3) is 0.267. The topological polar surface area (TPSA) is 92.3 Å². The number of hydrogen-bond acceptors (Lipinski definition) is 6. The summed E-state index contributed by atoms with van der Waals surface area (Å²) < 4.78 is 11.6. The highest BCUT2D eigenvalue weighted by Crippen LogP contribution is 2.26. The minimum atomic E-state index is -0.376. The lowest BCUT2D eigenvalue weighted by Gasteiger charge is -2.05. The molecule has 7 nitrogen and oxygen atoms in total. The summed E-state index contributed by atoms with van der Waals surface area (Å²) in [6, 6.07) is 7.49. The van der Waals surface area contributed by atoms with Gasteiger partial charge < -0.3 is 15.2 Å². The molecule has 22 heavy (non-hydrogen) atoms. The number of methoxy groups -OCH3 is 1. The lowest BCUT2D eigenvalue weighted by Crippen LogP contribution is -2.14. The zero-order valence-electron chi connectivity index (χ0n) is 12.4. The quantitative estimate of drug-likeness (QED) is 0.738. The van der Waals surface area contributed by atoms with Crippen molar-refractivity contribution in [3.63, 3.8) is 0 Å². The van der Waals surface area contributed by atoms with Gasteiger partial charge in [-0.1, -0.05) is 0 Å². The first-order valence-corrected chi connectivity index (χ1v) is 6.88. The second kappa shape index (κ2) is 5.51. The third-order valence-corrected chi connectivity index (χ3v) is 3.34. The van der Waals surface area contributed by atoms with E-state index in [4.69, 9.17) is 15.2 Å². The van der Waals surface area contributed by atoms with Crippen molar-refractivity contribution in [2.45, 2.75) is 13.5 Å². The van der Waals surface area contributed by atoms with Gasteiger partial charge in [0.05, 0.1) is 24.6 Å². The number of rotatable bonds is 4. The number of aromatic nitrogens is 3. The van der Waals surface area contributed by atoms with E-state index in [2.05, 4.69) is 10.1 Å². The highest BCUT2D eigenvalue weighted by molar-refractivity contribution is 5.97. The van der Waals surface area contributed by atoms with Crippen LogP contribution in [0.2, 0.25) is 0 Å². The zero-order valence-corrected chi connectivity index (χ0v) is 12.4. The first kappa shape index (κ1) is 14.1. The number of esters is 1.